The van der Waals surface area contributed by atoms with Crippen molar-refractivity contribution in [2.45, 2.75) is 37.8 Å². The van der Waals surface area contributed by atoms with Crippen LogP contribution in [-0.2, 0) is 28.1 Å². The number of benzene rings is 3. The first kappa shape index (κ1) is 26.1. The Morgan fingerprint density at radius 2 is 1.57 bits per heavy atom. The maximum Gasteiger partial charge on any atom is 0.410 e. The zero-order valence-corrected chi connectivity index (χ0v) is 21.4. The summed E-state index contributed by atoms with van der Waals surface area (Å²) in [6, 6.07) is 25.3. The molecule has 3 aromatic carbocycles. The highest BCUT2D eigenvalue weighted by molar-refractivity contribution is 5.78. The molecule has 37 heavy (non-hydrogen) atoms. The van der Waals surface area contributed by atoms with Crippen molar-refractivity contribution < 1.29 is 23.8 Å². The van der Waals surface area contributed by atoms with Gasteiger partial charge in [0, 0.05) is 43.1 Å². The van der Waals surface area contributed by atoms with Crippen molar-refractivity contribution in [3.8, 4) is 11.5 Å². The fraction of sp³-hybridized carbons (Fsp3) is 0.333. The van der Waals surface area contributed by atoms with Gasteiger partial charge in [-0.1, -0.05) is 60.7 Å². The van der Waals surface area contributed by atoms with Gasteiger partial charge in [-0.3, -0.25) is 4.79 Å². The zero-order valence-electron chi connectivity index (χ0n) is 21.4. The predicted molar refractivity (Wildman–Crippen MR) is 142 cm³/mol. The Bertz CT molecular complexity index is 1180. The van der Waals surface area contributed by atoms with Gasteiger partial charge < -0.3 is 24.4 Å². The minimum Gasteiger partial charge on any atom is -0.497 e. The third-order valence-corrected chi connectivity index (χ3v) is 7.04. The standard InChI is InChI=1S/C30H34N2O5/c1-35-26-14-13-24(27(19-26)36-2)21-31-28(33)20-30(25-11-7-4-8-12-25)15-17-32(18-16-30)29(34)37-22-23-9-5-3-6-10-23/h3-14,19H,15-18,20-22H2,1-2H3,(H,31,33). The van der Waals surface area contributed by atoms with Gasteiger partial charge in [0.05, 0.1) is 14.2 Å². The van der Waals surface area contributed by atoms with E-state index in [0.717, 1.165) is 16.7 Å². The number of hydrogen-bond acceptors (Lipinski definition) is 5. The first-order chi connectivity index (χ1) is 18.0. The highest BCUT2D eigenvalue weighted by Gasteiger charge is 2.39. The molecule has 1 N–H and O–H groups in total. The third kappa shape index (κ3) is 6.61. The van der Waals surface area contributed by atoms with Crippen LogP contribution in [0.3, 0.4) is 0 Å². The quantitative estimate of drug-likeness (QED) is 0.442. The van der Waals surface area contributed by atoms with Crippen LogP contribution >= 0.6 is 0 Å². The van der Waals surface area contributed by atoms with Gasteiger partial charge in [0.25, 0.3) is 0 Å². The highest BCUT2D eigenvalue weighted by atomic mass is 16.6. The lowest BCUT2D eigenvalue weighted by molar-refractivity contribution is -0.123. The molecule has 1 saturated heterocycles. The summed E-state index contributed by atoms with van der Waals surface area (Å²) in [6.07, 6.45) is 1.37. The Kier molecular flexibility index (Phi) is 8.67. The van der Waals surface area contributed by atoms with Gasteiger partial charge in [0.2, 0.25) is 5.91 Å². The van der Waals surface area contributed by atoms with Gasteiger partial charge in [0.1, 0.15) is 18.1 Å². The Morgan fingerprint density at radius 1 is 0.892 bits per heavy atom. The lowest BCUT2D eigenvalue weighted by Crippen LogP contribution is -2.47. The molecule has 0 bridgehead atoms. The van der Waals surface area contributed by atoms with Gasteiger partial charge >= 0.3 is 6.09 Å². The van der Waals surface area contributed by atoms with Gasteiger partial charge in [-0.15, -0.1) is 0 Å². The molecule has 1 aliphatic rings. The lowest BCUT2D eigenvalue weighted by atomic mass is 9.70. The van der Waals surface area contributed by atoms with Crippen LogP contribution < -0.4 is 14.8 Å². The van der Waals surface area contributed by atoms with Crippen molar-refractivity contribution in [3.63, 3.8) is 0 Å². The molecule has 0 spiro atoms. The van der Waals surface area contributed by atoms with E-state index in [1.54, 1.807) is 25.2 Å². The monoisotopic (exact) mass is 502 g/mol. The number of nitrogens with zero attached hydrogens (tertiary/aromatic N) is 1. The number of ether oxygens (including phenoxy) is 3. The topological polar surface area (TPSA) is 77.1 Å². The molecule has 0 aromatic heterocycles. The number of likely N-dealkylation sites (tertiary alicyclic amines) is 1. The summed E-state index contributed by atoms with van der Waals surface area (Å²) in [5.74, 6) is 1.32. The van der Waals surface area contributed by atoms with Crippen molar-refractivity contribution in [3.05, 3.63) is 95.6 Å². The van der Waals surface area contributed by atoms with Crippen molar-refractivity contribution >= 4 is 12.0 Å². The molecule has 3 aromatic rings. The summed E-state index contributed by atoms with van der Waals surface area (Å²) in [5, 5.41) is 3.06. The van der Waals surface area contributed by atoms with Crippen LogP contribution in [0.5, 0.6) is 11.5 Å². The number of rotatable bonds is 9. The molecule has 1 fully saturated rings. The minimum atomic E-state index is -0.356. The molecule has 1 heterocycles. The Labute approximate surface area is 218 Å². The minimum absolute atomic E-state index is 0.0400. The van der Waals surface area contributed by atoms with E-state index in [4.69, 9.17) is 14.2 Å². The molecule has 1 aliphatic heterocycles. The van der Waals surface area contributed by atoms with E-state index in [1.807, 2.05) is 60.7 Å². The first-order valence-electron chi connectivity index (χ1n) is 12.5. The van der Waals surface area contributed by atoms with Gasteiger partial charge in [-0.25, -0.2) is 4.79 Å². The van der Waals surface area contributed by atoms with Gasteiger partial charge in [-0.05, 0) is 36.1 Å². The molecule has 0 saturated carbocycles. The summed E-state index contributed by atoms with van der Waals surface area (Å²) in [4.78, 5) is 27.6. The molecule has 0 aliphatic carbocycles. The highest BCUT2D eigenvalue weighted by Crippen LogP contribution is 2.39. The molecule has 0 radical (unpaired) electrons. The van der Waals surface area contributed by atoms with Crippen LogP contribution in [0.1, 0.15) is 36.0 Å². The Morgan fingerprint density at radius 3 is 2.22 bits per heavy atom. The van der Waals surface area contributed by atoms with Gasteiger partial charge in [-0.2, -0.15) is 0 Å². The maximum atomic E-state index is 13.2. The Hall–Kier alpha value is -4.00. The van der Waals surface area contributed by atoms with E-state index in [1.165, 1.54) is 0 Å². The van der Waals surface area contributed by atoms with Crippen molar-refractivity contribution in [2.24, 2.45) is 0 Å². The second-order valence-electron chi connectivity index (χ2n) is 9.30. The molecule has 0 unspecified atom stereocenters. The smallest absolute Gasteiger partial charge is 0.410 e. The summed E-state index contributed by atoms with van der Waals surface area (Å²) in [7, 11) is 3.21. The maximum absolute atomic E-state index is 13.2. The van der Waals surface area contributed by atoms with Gasteiger partial charge in [0.15, 0.2) is 0 Å². The number of carbonyl (C=O) groups is 2. The molecule has 7 nitrogen and oxygen atoms in total. The second kappa shape index (κ2) is 12.3. The van der Waals surface area contributed by atoms with Crippen LogP contribution in [0, 0.1) is 0 Å². The largest absolute Gasteiger partial charge is 0.497 e. The van der Waals surface area contributed by atoms with E-state index in [0.29, 0.717) is 50.4 Å². The van der Waals surface area contributed by atoms with E-state index in [-0.39, 0.29) is 24.0 Å². The number of piperidine rings is 1. The summed E-state index contributed by atoms with van der Waals surface area (Å²) in [5.41, 5.74) is 2.59. The predicted octanol–water partition coefficient (Wildman–Crippen LogP) is 5.08. The zero-order chi connectivity index (χ0) is 26.1. The second-order valence-corrected chi connectivity index (χ2v) is 9.30. The number of nitrogens with one attached hydrogen (secondary N) is 1. The molecule has 7 heteroatoms. The van der Waals surface area contributed by atoms with Crippen LogP contribution in [0.15, 0.2) is 78.9 Å². The van der Waals surface area contributed by atoms with E-state index < -0.39 is 0 Å². The van der Waals surface area contributed by atoms with Crippen molar-refractivity contribution in [1.29, 1.82) is 0 Å². The normalized spacial score (nSPS) is 14.5. The molecular formula is C30H34N2O5. The average molecular weight is 503 g/mol. The van der Waals surface area contributed by atoms with Crippen LogP contribution in [0.25, 0.3) is 0 Å². The third-order valence-electron chi connectivity index (χ3n) is 7.04. The number of hydrogen-bond donors (Lipinski definition) is 1. The fourth-order valence-corrected chi connectivity index (χ4v) is 4.85. The van der Waals surface area contributed by atoms with Crippen LogP contribution in [0.4, 0.5) is 4.79 Å². The SMILES string of the molecule is COc1ccc(CNC(=O)CC2(c3ccccc3)CCN(C(=O)OCc3ccccc3)CC2)c(OC)c1. The molecule has 0 atom stereocenters. The number of carbonyl (C=O) groups excluding carboxylic acids is 2. The fourth-order valence-electron chi connectivity index (χ4n) is 4.85. The lowest BCUT2D eigenvalue weighted by Gasteiger charge is -2.41. The van der Waals surface area contributed by atoms with E-state index >= 15 is 0 Å². The number of amides is 2. The first-order valence-corrected chi connectivity index (χ1v) is 12.5. The van der Waals surface area contributed by atoms with E-state index in [2.05, 4.69) is 17.4 Å². The Balaban J connectivity index is 1.39. The molecule has 194 valence electrons. The summed E-state index contributed by atoms with van der Waals surface area (Å²) >= 11 is 0. The summed E-state index contributed by atoms with van der Waals surface area (Å²) < 4.78 is 16.3. The average Bonchev–Trinajstić information content (AvgIpc) is 2.96. The van der Waals surface area contributed by atoms with Crippen LogP contribution in [-0.4, -0.2) is 44.2 Å². The van der Waals surface area contributed by atoms with Crippen molar-refractivity contribution in [2.75, 3.05) is 27.3 Å². The number of methoxy groups -OCH3 is 2. The van der Waals surface area contributed by atoms with E-state index in [9.17, 15) is 9.59 Å². The molecule has 4 rings (SSSR count). The summed E-state index contributed by atoms with van der Waals surface area (Å²) in [6.45, 7) is 1.66. The van der Waals surface area contributed by atoms with Crippen molar-refractivity contribution in [1.82, 2.24) is 10.2 Å². The molecular weight excluding hydrogens is 468 g/mol. The van der Waals surface area contributed by atoms with Crippen LogP contribution in [0.2, 0.25) is 0 Å². The molecule has 2 amide bonds.